The summed E-state index contributed by atoms with van der Waals surface area (Å²) in [6.45, 7) is 1.44. The molecule has 5 heteroatoms. The smallest absolute Gasteiger partial charge is 0.255 e. The fourth-order valence-corrected chi connectivity index (χ4v) is 3.70. The summed E-state index contributed by atoms with van der Waals surface area (Å²) in [5.41, 5.74) is 3.04. The average molecular weight is 399 g/mol. The summed E-state index contributed by atoms with van der Waals surface area (Å²) in [5.74, 6) is -0.0400. The zero-order valence-corrected chi connectivity index (χ0v) is 16.8. The second-order valence-electron chi connectivity index (χ2n) is 7.48. The first-order valence-corrected chi connectivity index (χ1v) is 10.3. The highest BCUT2D eigenvalue weighted by Gasteiger charge is 2.23. The first-order valence-electron chi connectivity index (χ1n) is 10.3. The number of carbonyl (C=O) groups is 2. The maximum Gasteiger partial charge on any atom is 0.255 e. The predicted molar refractivity (Wildman–Crippen MR) is 120 cm³/mol. The van der Waals surface area contributed by atoms with E-state index >= 15 is 0 Å². The molecule has 0 aliphatic carbocycles. The fraction of sp³-hybridized carbons (Fsp3) is 0.200. The van der Waals surface area contributed by atoms with Crippen LogP contribution >= 0.6 is 0 Å². The third kappa shape index (κ3) is 4.87. The summed E-state index contributed by atoms with van der Waals surface area (Å²) in [4.78, 5) is 27.0. The molecule has 30 heavy (non-hydrogen) atoms. The molecule has 0 atom stereocenters. The highest BCUT2D eigenvalue weighted by molar-refractivity contribution is 6.04. The van der Waals surface area contributed by atoms with Gasteiger partial charge in [0.15, 0.2) is 0 Å². The van der Waals surface area contributed by atoms with Crippen LogP contribution in [0.2, 0.25) is 0 Å². The minimum Gasteiger partial charge on any atom is -0.382 e. The van der Waals surface area contributed by atoms with Gasteiger partial charge in [-0.25, -0.2) is 0 Å². The van der Waals surface area contributed by atoms with Gasteiger partial charge in [-0.2, -0.15) is 0 Å². The van der Waals surface area contributed by atoms with Crippen LogP contribution < -0.4 is 10.6 Å². The molecule has 1 aliphatic heterocycles. The van der Waals surface area contributed by atoms with E-state index < -0.39 is 0 Å². The van der Waals surface area contributed by atoms with Crippen molar-refractivity contribution in [1.82, 2.24) is 4.90 Å². The number of carbonyl (C=O) groups excluding carboxylic acids is 2. The maximum absolute atomic E-state index is 12.6. The fourth-order valence-electron chi connectivity index (χ4n) is 3.70. The first-order chi connectivity index (χ1) is 14.7. The molecule has 0 bridgehead atoms. The van der Waals surface area contributed by atoms with Crippen LogP contribution in [0.15, 0.2) is 84.9 Å². The van der Waals surface area contributed by atoms with Crippen molar-refractivity contribution in [3.8, 4) is 0 Å². The molecule has 1 fully saturated rings. The van der Waals surface area contributed by atoms with Crippen molar-refractivity contribution in [3.05, 3.63) is 96.1 Å². The zero-order valence-electron chi connectivity index (χ0n) is 16.8. The molecule has 0 saturated carbocycles. The van der Waals surface area contributed by atoms with Crippen molar-refractivity contribution in [2.75, 3.05) is 23.7 Å². The summed E-state index contributed by atoms with van der Waals surface area (Å²) in [6.07, 6.45) is 1.75. The number of rotatable bonds is 5. The lowest BCUT2D eigenvalue weighted by Crippen LogP contribution is -2.42. The minimum absolute atomic E-state index is 0.0913. The van der Waals surface area contributed by atoms with Gasteiger partial charge in [0.25, 0.3) is 11.8 Å². The molecule has 0 unspecified atom stereocenters. The van der Waals surface area contributed by atoms with Gasteiger partial charge < -0.3 is 15.5 Å². The number of hydrogen-bond donors (Lipinski definition) is 2. The number of likely N-dealkylation sites (tertiary alicyclic amines) is 1. The van der Waals surface area contributed by atoms with Gasteiger partial charge in [-0.15, -0.1) is 0 Å². The van der Waals surface area contributed by atoms with Gasteiger partial charge in [0.2, 0.25) is 0 Å². The number of nitrogens with one attached hydrogen (secondary N) is 2. The summed E-state index contributed by atoms with van der Waals surface area (Å²) in [6, 6.07) is 26.7. The Hall–Kier alpha value is -3.60. The van der Waals surface area contributed by atoms with Crippen LogP contribution in [0.4, 0.5) is 11.4 Å². The number of amides is 2. The van der Waals surface area contributed by atoms with E-state index in [1.54, 1.807) is 0 Å². The second kappa shape index (κ2) is 9.27. The number of anilines is 2. The van der Waals surface area contributed by atoms with Gasteiger partial charge >= 0.3 is 0 Å². The molecule has 3 aromatic carbocycles. The number of nitrogens with zero attached hydrogens (tertiary/aromatic N) is 1. The van der Waals surface area contributed by atoms with Crippen LogP contribution in [-0.2, 0) is 0 Å². The van der Waals surface area contributed by atoms with E-state index in [2.05, 4.69) is 10.6 Å². The monoisotopic (exact) mass is 399 g/mol. The number of benzene rings is 3. The van der Waals surface area contributed by atoms with Crippen LogP contribution in [0.3, 0.4) is 0 Å². The molecule has 4 rings (SSSR count). The Morgan fingerprint density at radius 3 is 2.03 bits per heavy atom. The Labute approximate surface area is 176 Å². The second-order valence-corrected chi connectivity index (χ2v) is 7.48. The largest absolute Gasteiger partial charge is 0.382 e. The Morgan fingerprint density at radius 1 is 0.733 bits per heavy atom. The number of para-hydroxylation sites is 1. The Morgan fingerprint density at radius 2 is 1.33 bits per heavy atom. The Bertz CT molecular complexity index is 997. The zero-order chi connectivity index (χ0) is 20.8. The van der Waals surface area contributed by atoms with Crippen molar-refractivity contribution >= 4 is 23.2 Å². The lowest BCUT2D eigenvalue weighted by Gasteiger charge is -2.33. The topological polar surface area (TPSA) is 61.4 Å². The van der Waals surface area contributed by atoms with Crippen LogP contribution in [0.5, 0.6) is 0 Å². The van der Waals surface area contributed by atoms with E-state index in [0.717, 1.165) is 42.9 Å². The van der Waals surface area contributed by atoms with Gasteiger partial charge in [-0.05, 0) is 55.3 Å². The van der Waals surface area contributed by atoms with Gasteiger partial charge in [-0.3, -0.25) is 9.59 Å². The summed E-state index contributed by atoms with van der Waals surface area (Å²) in [5, 5.41) is 6.43. The third-order valence-corrected chi connectivity index (χ3v) is 5.33. The van der Waals surface area contributed by atoms with E-state index in [9.17, 15) is 9.59 Å². The lowest BCUT2D eigenvalue weighted by atomic mass is 10.0. The SMILES string of the molecule is O=C(Nc1ccccc1)c1cccc(NC2CCN(C(=O)c3ccccc3)CC2)c1. The predicted octanol–water partition coefficient (Wildman–Crippen LogP) is 4.66. The maximum atomic E-state index is 12.6. The quantitative estimate of drug-likeness (QED) is 0.656. The average Bonchev–Trinajstić information content (AvgIpc) is 2.80. The molecule has 2 N–H and O–H groups in total. The molecule has 3 aromatic rings. The molecule has 5 nitrogen and oxygen atoms in total. The standard InChI is InChI=1S/C25H25N3O2/c29-24(27-21-11-5-2-6-12-21)20-10-7-13-23(18-20)26-22-14-16-28(17-15-22)25(30)19-8-3-1-4-9-19/h1-13,18,22,26H,14-17H2,(H,27,29). The minimum atomic E-state index is -0.131. The molecule has 1 saturated heterocycles. The van der Waals surface area contributed by atoms with Crippen molar-refractivity contribution in [2.24, 2.45) is 0 Å². The molecular weight excluding hydrogens is 374 g/mol. The van der Waals surface area contributed by atoms with E-state index in [1.807, 2.05) is 89.8 Å². The highest BCUT2D eigenvalue weighted by Crippen LogP contribution is 2.20. The number of piperidine rings is 1. The molecule has 1 heterocycles. The van der Waals surface area contributed by atoms with Crippen molar-refractivity contribution in [1.29, 1.82) is 0 Å². The van der Waals surface area contributed by atoms with Gasteiger partial charge in [0.05, 0.1) is 0 Å². The molecule has 152 valence electrons. The molecule has 2 amide bonds. The summed E-state index contributed by atoms with van der Waals surface area (Å²) in [7, 11) is 0. The normalized spacial score (nSPS) is 14.2. The molecule has 0 radical (unpaired) electrons. The third-order valence-electron chi connectivity index (χ3n) is 5.33. The summed E-state index contributed by atoms with van der Waals surface area (Å²) >= 11 is 0. The van der Waals surface area contributed by atoms with Crippen molar-refractivity contribution < 1.29 is 9.59 Å². The van der Waals surface area contributed by atoms with E-state index in [1.165, 1.54) is 0 Å². The van der Waals surface area contributed by atoms with Gasteiger partial charge in [0.1, 0.15) is 0 Å². The molecular formula is C25H25N3O2. The molecule has 0 aromatic heterocycles. The van der Waals surface area contributed by atoms with Crippen molar-refractivity contribution in [2.45, 2.75) is 18.9 Å². The van der Waals surface area contributed by atoms with Gasteiger partial charge in [-0.1, -0.05) is 42.5 Å². The first kappa shape index (κ1) is 19.7. The summed E-state index contributed by atoms with van der Waals surface area (Å²) < 4.78 is 0. The van der Waals surface area contributed by atoms with E-state index in [4.69, 9.17) is 0 Å². The van der Waals surface area contributed by atoms with Crippen LogP contribution in [0.1, 0.15) is 33.6 Å². The highest BCUT2D eigenvalue weighted by atomic mass is 16.2. The van der Waals surface area contributed by atoms with Crippen LogP contribution in [0.25, 0.3) is 0 Å². The van der Waals surface area contributed by atoms with E-state index in [0.29, 0.717) is 5.56 Å². The lowest BCUT2D eigenvalue weighted by molar-refractivity contribution is 0.0718. The van der Waals surface area contributed by atoms with Crippen molar-refractivity contribution in [3.63, 3.8) is 0 Å². The Kier molecular flexibility index (Phi) is 6.09. The van der Waals surface area contributed by atoms with Crippen LogP contribution in [0, 0.1) is 0 Å². The molecule has 0 spiro atoms. The number of hydrogen-bond acceptors (Lipinski definition) is 3. The van der Waals surface area contributed by atoms with Gasteiger partial charge in [0, 0.05) is 41.6 Å². The Balaban J connectivity index is 1.33. The molecule has 1 aliphatic rings. The van der Waals surface area contributed by atoms with Crippen LogP contribution in [-0.4, -0.2) is 35.8 Å². The van der Waals surface area contributed by atoms with E-state index in [-0.39, 0.29) is 17.9 Å².